The van der Waals surface area contributed by atoms with Crippen LogP contribution >= 0.6 is 51.4 Å². The first-order valence-electron chi connectivity index (χ1n) is 8.32. The van der Waals surface area contributed by atoms with Gasteiger partial charge in [-0.05, 0) is 15.9 Å². The van der Waals surface area contributed by atoms with E-state index in [0.29, 0.717) is 3.79 Å². The lowest BCUT2D eigenvalue weighted by Gasteiger charge is -2.49. The molecule has 0 saturated carbocycles. The molecule has 1 aromatic rings. The van der Waals surface area contributed by atoms with Crippen LogP contribution in [0.15, 0.2) is 20.2 Å². The zero-order chi connectivity index (χ0) is 22.9. The van der Waals surface area contributed by atoms with Gasteiger partial charge in [-0.1, -0.05) is 16.5 Å². The molecule has 13 nitrogen and oxygen atoms in total. The van der Waals surface area contributed by atoms with Crippen molar-refractivity contribution >= 4 is 86.2 Å². The van der Waals surface area contributed by atoms with Gasteiger partial charge in [0, 0.05) is 11.3 Å². The van der Waals surface area contributed by atoms with E-state index in [1.165, 1.54) is 18.9 Å². The van der Waals surface area contributed by atoms with Gasteiger partial charge in [-0.25, -0.2) is 14.6 Å². The molecule has 0 spiro atoms. The highest BCUT2D eigenvalue weighted by Crippen LogP contribution is 2.40. The fourth-order valence-electron chi connectivity index (χ4n) is 2.91. The number of carbonyl (C=O) groups is 4. The van der Waals surface area contributed by atoms with E-state index in [2.05, 4.69) is 36.1 Å². The first kappa shape index (κ1) is 25.7. The molecule has 3 heterocycles. The van der Waals surface area contributed by atoms with Gasteiger partial charge in [-0.15, -0.1) is 24.2 Å². The third-order valence-electron chi connectivity index (χ3n) is 4.15. The summed E-state index contributed by atoms with van der Waals surface area (Å²) in [5.74, 6) is -2.61. The molecule has 1 aromatic heterocycles. The van der Waals surface area contributed by atoms with Crippen molar-refractivity contribution in [2.75, 3.05) is 25.2 Å². The van der Waals surface area contributed by atoms with Gasteiger partial charge < -0.3 is 31.5 Å². The number of aliphatic carboxylic acids is 1. The molecule has 0 aliphatic carbocycles. The molecular formula is C15H16BrClN6O7S2. The predicted molar refractivity (Wildman–Crippen MR) is 120 cm³/mol. The summed E-state index contributed by atoms with van der Waals surface area (Å²) in [4.78, 5) is 57.8. The summed E-state index contributed by atoms with van der Waals surface area (Å²) >= 11 is 5.52. The monoisotopic (exact) mass is 570 g/mol. The minimum absolute atomic E-state index is 0. The number of thiazole rings is 1. The number of rotatable bonds is 7. The first-order valence-corrected chi connectivity index (χ1v) is 11.0. The van der Waals surface area contributed by atoms with Crippen LogP contribution in [0, 0.1) is 0 Å². The number of ether oxygens (including phenoxy) is 1. The first-order chi connectivity index (χ1) is 14.6. The second-order valence-electron chi connectivity index (χ2n) is 6.02. The minimum Gasteiger partial charge on any atom is -0.477 e. The summed E-state index contributed by atoms with van der Waals surface area (Å²) in [6.07, 6.45) is -1.07. The zero-order valence-corrected chi connectivity index (χ0v) is 20.1. The molecular weight excluding hydrogens is 556 g/mol. The number of primary amides is 1. The lowest BCUT2D eigenvalue weighted by Crippen LogP contribution is -2.71. The van der Waals surface area contributed by atoms with Crippen molar-refractivity contribution in [1.82, 2.24) is 15.2 Å². The Morgan fingerprint density at radius 3 is 2.66 bits per heavy atom. The molecule has 2 aliphatic heterocycles. The van der Waals surface area contributed by atoms with Crippen molar-refractivity contribution in [3.05, 3.63) is 20.8 Å². The molecule has 17 heteroatoms. The van der Waals surface area contributed by atoms with Crippen molar-refractivity contribution in [1.29, 1.82) is 0 Å². The van der Waals surface area contributed by atoms with Gasteiger partial charge in [0.25, 0.3) is 11.8 Å². The van der Waals surface area contributed by atoms with E-state index in [1.807, 2.05) is 0 Å². The van der Waals surface area contributed by atoms with Crippen LogP contribution in [-0.4, -0.2) is 75.5 Å². The van der Waals surface area contributed by atoms with Crippen molar-refractivity contribution in [2.24, 2.45) is 10.9 Å². The number of nitrogens with two attached hydrogens (primary N) is 2. The van der Waals surface area contributed by atoms with Crippen LogP contribution in [0.4, 0.5) is 9.93 Å². The highest BCUT2D eigenvalue weighted by atomic mass is 79.9. The van der Waals surface area contributed by atoms with E-state index in [4.69, 9.17) is 16.3 Å². The number of nitrogens with one attached hydrogen (secondary N) is 1. The number of thioether (sulfide) groups is 1. The van der Waals surface area contributed by atoms with Crippen LogP contribution in [0.25, 0.3) is 0 Å². The summed E-state index contributed by atoms with van der Waals surface area (Å²) in [5.41, 5.74) is 10.4. The number of oxime groups is 1. The van der Waals surface area contributed by atoms with Crippen LogP contribution in [0.5, 0.6) is 0 Å². The molecule has 1 fully saturated rings. The number of carbonyl (C=O) groups excluding carboxylic acids is 3. The Balaban J connectivity index is 0.00000363. The molecule has 0 aromatic carbocycles. The molecule has 2 aliphatic rings. The molecule has 6 N–H and O–H groups in total. The number of nitrogens with zero attached hydrogens (tertiary/aromatic N) is 3. The van der Waals surface area contributed by atoms with E-state index in [1.54, 1.807) is 0 Å². The summed E-state index contributed by atoms with van der Waals surface area (Å²) in [7, 11) is 1.24. The smallest absolute Gasteiger partial charge is 0.404 e. The number of carboxylic acid groups (broad SMARTS) is 1. The Morgan fingerprint density at radius 2 is 2.12 bits per heavy atom. The molecule has 3 rings (SSSR count). The Kier molecular flexibility index (Phi) is 8.33. The van der Waals surface area contributed by atoms with E-state index < -0.39 is 35.3 Å². The molecule has 0 bridgehead atoms. The normalized spacial score (nSPS) is 20.0. The zero-order valence-electron chi connectivity index (χ0n) is 16.1. The summed E-state index contributed by atoms with van der Waals surface area (Å²) < 4.78 is 5.11. The second-order valence-corrected chi connectivity index (χ2v) is 9.48. The lowest BCUT2D eigenvalue weighted by molar-refractivity contribution is -0.150. The molecule has 3 amide bonds. The van der Waals surface area contributed by atoms with E-state index in [-0.39, 0.29) is 52.6 Å². The Bertz CT molecular complexity index is 1030. The fourth-order valence-corrected chi connectivity index (χ4v) is 5.57. The van der Waals surface area contributed by atoms with Crippen LogP contribution in [0.2, 0.25) is 0 Å². The van der Waals surface area contributed by atoms with Gasteiger partial charge in [-0.2, -0.15) is 0 Å². The van der Waals surface area contributed by atoms with Crippen molar-refractivity contribution in [3.8, 4) is 0 Å². The van der Waals surface area contributed by atoms with E-state index in [9.17, 15) is 24.3 Å². The number of halogens is 2. The van der Waals surface area contributed by atoms with Crippen molar-refractivity contribution in [2.45, 2.75) is 11.4 Å². The second kappa shape index (κ2) is 10.4. The maximum Gasteiger partial charge on any atom is 0.404 e. The molecule has 1 unspecified atom stereocenters. The summed E-state index contributed by atoms with van der Waals surface area (Å²) in [6, 6.07) is -1.01. The molecule has 32 heavy (non-hydrogen) atoms. The maximum atomic E-state index is 12.8. The third kappa shape index (κ3) is 4.92. The number of fused-ring (bicyclic) bond motifs is 1. The molecule has 1 saturated heterocycles. The van der Waals surface area contributed by atoms with Gasteiger partial charge in [0.1, 0.15) is 40.3 Å². The number of aromatic nitrogens is 1. The average Bonchev–Trinajstić information content (AvgIpc) is 3.04. The number of nitrogen functional groups attached to an aromatic ring is 1. The highest BCUT2D eigenvalue weighted by molar-refractivity contribution is 9.11. The Morgan fingerprint density at radius 1 is 1.44 bits per heavy atom. The number of hydrogen-bond acceptors (Lipinski definition) is 11. The molecule has 174 valence electrons. The maximum absolute atomic E-state index is 12.8. The quantitative estimate of drug-likeness (QED) is 0.197. The summed E-state index contributed by atoms with van der Waals surface area (Å²) in [5, 5.41) is 15.3. The molecule has 0 radical (unpaired) electrons. The number of carboxylic acids is 1. The van der Waals surface area contributed by atoms with Crippen LogP contribution < -0.4 is 16.8 Å². The topological polar surface area (TPSA) is 200 Å². The fraction of sp³-hybridized carbons (Fsp3) is 0.333. The number of amides is 3. The Labute approximate surface area is 203 Å². The number of β-lactam (4-membered cyclic amide) rings is 1. The lowest BCUT2D eigenvalue weighted by atomic mass is 10.0. The minimum atomic E-state index is -1.37. The third-order valence-corrected chi connectivity index (χ3v) is 7.02. The standard InChI is InChI=1S/C15H15BrN6O7S2.ClH/c1-28-21-6(5-9(16)31-14(17)20-5)10(23)19-7-11(24)22-8(13(25)26)4(2-29-15(18)27)3-30-12(7)22;/h7,12H,2-3H2,1H3,(H2,17,20)(H2,18,27)(H,19,23)(H,25,26);1H/t7?,12-;/m0./s1. The van der Waals surface area contributed by atoms with Gasteiger partial charge >= 0.3 is 12.1 Å². The number of anilines is 1. The van der Waals surface area contributed by atoms with Gasteiger partial charge in [0.2, 0.25) is 0 Å². The van der Waals surface area contributed by atoms with E-state index in [0.717, 1.165) is 16.2 Å². The van der Waals surface area contributed by atoms with E-state index >= 15 is 0 Å². The van der Waals surface area contributed by atoms with Crippen molar-refractivity contribution in [3.63, 3.8) is 0 Å². The highest BCUT2D eigenvalue weighted by Gasteiger charge is 2.54. The van der Waals surface area contributed by atoms with Crippen molar-refractivity contribution < 1.29 is 33.9 Å². The molecule has 2 atom stereocenters. The SMILES string of the molecule is CON=C(C(=O)NC1C(=O)N2C(C(=O)O)=C(COC(N)=O)CS[C@@H]12)c1nc(N)sc1Br.Cl. The Hall–Kier alpha value is -2.56. The van der Waals surface area contributed by atoms with Crippen LogP contribution in [-0.2, 0) is 24.0 Å². The van der Waals surface area contributed by atoms with Crippen LogP contribution in [0.3, 0.4) is 0 Å². The van der Waals surface area contributed by atoms with Crippen LogP contribution in [0.1, 0.15) is 5.69 Å². The van der Waals surface area contributed by atoms with Gasteiger partial charge in [-0.3, -0.25) is 14.5 Å². The average molecular weight is 572 g/mol. The van der Waals surface area contributed by atoms with Gasteiger partial charge in [0.05, 0.1) is 0 Å². The predicted octanol–water partition coefficient (Wildman–Crippen LogP) is 0.0940. The summed E-state index contributed by atoms with van der Waals surface area (Å²) in [6.45, 7) is -0.360. The largest absolute Gasteiger partial charge is 0.477 e. The van der Waals surface area contributed by atoms with Gasteiger partial charge in [0.15, 0.2) is 10.8 Å². The number of hydrogen-bond donors (Lipinski definition) is 4.